The van der Waals surface area contributed by atoms with Crippen LogP contribution in [0.25, 0.3) is 111 Å². The van der Waals surface area contributed by atoms with Crippen molar-refractivity contribution in [1.82, 2.24) is 90.6 Å². The summed E-state index contributed by atoms with van der Waals surface area (Å²) >= 11 is 0. The van der Waals surface area contributed by atoms with Gasteiger partial charge in [0, 0.05) is 136 Å². The highest BCUT2D eigenvalue weighted by Gasteiger charge is 2.50. The summed E-state index contributed by atoms with van der Waals surface area (Å²) in [7, 11) is 0. The fraction of sp³-hybridized carbons (Fsp3) is 0.459. The smallest absolute Gasteiger partial charge is 0.177 e. The second-order valence-electron chi connectivity index (χ2n) is 41.3. The largest absolute Gasteiger partial charge is 0.386 e. The normalized spacial score (nSPS) is 20.5. The molecular weight excluding hydrogens is 1810 g/mol. The van der Waals surface area contributed by atoms with Gasteiger partial charge < -0.3 is 86.9 Å². The lowest BCUT2D eigenvalue weighted by atomic mass is 9.81. The number of hydrogen-bond donors (Lipinski definition) is 9. The number of ether oxygens (including phenoxy) is 4. The van der Waals surface area contributed by atoms with Crippen molar-refractivity contribution in [3.05, 3.63) is 229 Å². The summed E-state index contributed by atoms with van der Waals surface area (Å²) < 4.78 is 50.6. The average molecular weight is 1930 g/mol. The number of aryl methyl sites for hydroxylation is 11. The molecule has 4 saturated heterocycles. The summed E-state index contributed by atoms with van der Waals surface area (Å²) in [5, 5.41) is 67.4. The number of imidazole rings is 5. The van der Waals surface area contributed by atoms with Crippen LogP contribution in [0.15, 0.2) is 120 Å². The lowest BCUT2D eigenvalue weighted by Gasteiger charge is -2.34. The first kappa shape index (κ1) is 93.7. The maximum Gasteiger partial charge on any atom is 0.177 e. The van der Waals surface area contributed by atoms with E-state index in [1.807, 2.05) is 125 Å². The molecule has 5 aromatic carbocycles. The monoisotopic (exact) mass is 1930 g/mol. The van der Waals surface area contributed by atoms with Crippen molar-refractivity contribution >= 4 is 61.0 Å². The summed E-state index contributed by atoms with van der Waals surface area (Å²) in [6, 6.07) is 28.0. The third-order valence-electron chi connectivity index (χ3n) is 30.6. The molecule has 6 aliphatic carbocycles. The number of pyridine rings is 1. The van der Waals surface area contributed by atoms with Crippen LogP contribution in [0.2, 0.25) is 0 Å². The lowest BCUT2D eigenvalue weighted by molar-refractivity contribution is -0.0664. The number of aromatic amines is 5. The lowest BCUT2D eigenvalue weighted by Crippen LogP contribution is -2.42. The minimum atomic E-state index is -1.54. The molecular formula is C111H122N18O14. The zero-order valence-corrected chi connectivity index (χ0v) is 82.7. The van der Waals surface area contributed by atoms with Crippen LogP contribution in [-0.2, 0) is 30.1 Å². The number of aromatic nitrogens is 18. The number of nitrogens with one attached hydrogen (secondary N) is 5. The van der Waals surface area contributed by atoms with Gasteiger partial charge in [-0.15, -0.1) is 0 Å². The number of Topliss-reactive ketones (excluding diaryl/α,β-unsaturated/α-hetero) is 1. The molecule has 10 fully saturated rings. The fourth-order valence-corrected chi connectivity index (χ4v) is 22.4. The number of hydrogen-bond acceptors (Lipinski definition) is 27. The Morgan fingerprint density at radius 1 is 0.350 bits per heavy atom. The first-order chi connectivity index (χ1) is 69.3. The number of rotatable bonds is 22. The van der Waals surface area contributed by atoms with Crippen molar-refractivity contribution in [2.24, 2.45) is 5.92 Å². The highest BCUT2D eigenvalue weighted by atomic mass is 16.5. The van der Waals surface area contributed by atoms with Crippen molar-refractivity contribution in [2.45, 2.75) is 295 Å². The fourth-order valence-electron chi connectivity index (χ4n) is 22.4. The molecule has 0 bridgehead atoms. The molecule has 0 radical (unpaired) electrons. The molecule has 4 aliphatic heterocycles. The third-order valence-corrected chi connectivity index (χ3v) is 30.6. The molecule has 9 N–H and O–H groups in total. The number of nitrogens with zero attached hydrogens (tertiary/aromatic N) is 13. The van der Waals surface area contributed by atoms with Gasteiger partial charge in [-0.25, -0.2) is 34.9 Å². The number of benzene rings is 5. The van der Waals surface area contributed by atoms with Crippen molar-refractivity contribution in [3.63, 3.8) is 0 Å². The number of aliphatic hydroxyl groups is 4. The molecule has 17 aromatic rings. The van der Waals surface area contributed by atoms with Crippen molar-refractivity contribution in [1.29, 1.82) is 0 Å². The van der Waals surface area contributed by atoms with Crippen LogP contribution in [0.5, 0.6) is 0 Å². The highest BCUT2D eigenvalue weighted by Crippen LogP contribution is 2.52. The van der Waals surface area contributed by atoms with Gasteiger partial charge in [-0.2, -0.15) is 0 Å². The van der Waals surface area contributed by atoms with Crippen LogP contribution in [0.3, 0.4) is 0 Å². The van der Waals surface area contributed by atoms with E-state index < -0.39 is 35.6 Å². The minimum absolute atomic E-state index is 0.138. The maximum absolute atomic E-state index is 13.3. The Bertz CT molecular complexity index is 7370. The van der Waals surface area contributed by atoms with E-state index in [0.717, 1.165) is 316 Å². The minimum Gasteiger partial charge on any atom is -0.386 e. The second kappa shape index (κ2) is 38.0. The summed E-state index contributed by atoms with van der Waals surface area (Å²) in [6.07, 6.45) is 23.6. The average Bonchev–Trinajstić information content (AvgIpc) is 1.64. The number of carbonyl (C=O) groups excluding carboxylic acids is 1. The van der Waals surface area contributed by atoms with Gasteiger partial charge in [0.05, 0.1) is 114 Å². The number of H-pyrrole nitrogens is 5. The summed E-state index contributed by atoms with van der Waals surface area (Å²) in [5.74, 6) is 12.0. The van der Waals surface area contributed by atoms with Crippen LogP contribution in [0.1, 0.15) is 319 Å². The highest BCUT2D eigenvalue weighted by molar-refractivity contribution is 6.09. The number of fused-ring (bicyclic) bond motifs is 5. The van der Waals surface area contributed by atoms with Crippen LogP contribution in [0, 0.1) is 82.1 Å². The SMILES string of the molecule is Cc1cccc([C@](O)(c2cc(-c3c(C)noc3C)cc3[nH]c(C4CC4)nc23)[C@@H]2CCCO2)n1.Cc1noc(C)c1-c1cc(C(=O)C2CCCC2)c2nc(C3CC3)[nH]c2c1.Cc1noc(C)c1-c1cc(C(O)(c2ncccn2)C2CCCO2)c2nc(C3CC3)[nH]c2c1.Cc1noc(C)c1-c1cc([C@@H](O)[C@@H]2CCCO2)c2nc(C3CC3)[nH]c2c1.Cc1noc(C)c1-c1cc([C@@H](O)[C@H]2CCCO2)c2nc(C3CC3)[nH]c2c1. The molecule has 27 rings (SSSR count). The molecule has 8 atom stereocenters. The molecule has 10 aliphatic rings. The predicted molar refractivity (Wildman–Crippen MR) is 534 cm³/mol. The van der Waals surface area contributed by atoms with E-state index in [2.05, 4.69) is 91.0 Å². The molecule has 12 aromatic heterocycles. The molecule has 740 valence electrons. The molecule has 6 saturated carbocycles. The van der Waals surface area contributed by atoms with Crippen molar-refractivity contribution in [3.8, 4) is 55.6 Å². The Hall–Kier alpha value is -12.9. The third kappa shape index (κ3) is 18.0. The first-order valence-electron chi connectivity index (χ1n) is 51.2. The predicted octanol–water partition coefficient (Wildman–Crippen LogP) is 21.7. The molecule has 2 unspecified atom stereocenters. The van der Waals surface area contributed by atoms with E-state index in [9.17, 15) is 25.2 Å². The summed E-state index contributed by atoms with van der Waals surface area (Å²) in [4.78, 5) is 68.7. The molecule has 32 nitrogen and oxygen atoms in total. The molecule has 16 heterocycles. The Balaban J connectivity index is 0.0000000996. The van der Waals surface area contributed by atoms with Crippen LogP contribution < -0.4 is 0 Å². The van der Waals surface area contributed by atoms with Gasteiger partial charge in [0.15, 0.2) is 22.8 Å². The summed E-state index contributed by atoms with van der Waals surface area (Å²) in [6.45, 7) is 23.8. The Morgan fingerprint density at radius 2 is 0.678 bits per heavy atom. The van der Waals surface area contributed by atoms with E-state index in [1.54, 1.807) is 18.5 Å². The molecule has 32 heteroatoms. The molecule has 0 spiro atoms. The van der Waals surface area contributed by atoms with Gasteiger partial charge in [0.25, 0.3) is 0 Å². The van der Waals surface area contributed by atoms with E-state index >= 15 is 0 Å². The first-order valence-corrected chi connectivity index (χ1v) is 51.2. The van der Waals surface area contributed by atoms with Crippen LogP contribution >= 0.6 is 0 Å². The van der Waals surface area contributed by atoms with Gasteiger partial charge in [-0.3, -0.25) is 9.78 Å². The number of carbonyl (C=O) groups is 1. The topological polar surface area (TPSA) is 447 Å². The Kier molecular flexibility index (Phi) is 24.9. The maximum atomic E-state index is 13.3. The Morgan fingerprint density at radius 3 is 1.02 bits per heavy atom. The van der Waals surface area contributed by atoms with Crippen LogP contribution in [-0.4, -0.2) is 168 Å². The molecule has 0 amide bonds. The van der Waals surface area contributed by atoms with Gasteiger partial charge in [0.1, 0.15) is 70.1 Å². The van der Waals surface area contributed by atoms with Gasteiger partial charge in [-0.1, -0.05) is 44.7 Å². The number of ketones is 1. The van der Waals surface area contributed by atoms with Crippen LogP contribution in [0.4, 0.5) is 0 Å². The van der Waals surface area contributed by atoms with E-state index in [0.29, 0.717) is 85.1 Å². The second-order valence-corrected chi connectivity index (χ2v) is 41.3. The van der Waals surface area contributed by atoms with E-state index in [4.69, 9.17) is 71.5 Å². The van der Waals surface area contributed by atoms with E-state index in [-0.39, 0.29) is 23.9 Å². The van der Waals surface area contributed by atoms with Gasteiger partial charge in [0.2, 0.25) is 0 Å². The molecule has 143 heavy (non-hydrogen) atoms. The van der Waals surface area contributed by atoms with Crippen molar-refractivity contribution < 1.29 is 66.8 Å². The van der Waals surface area contributed by atoms with Crippen molar-refractivity contribution in [2.75, 3.05) is 26.4 Å². The zero-order chi connectivity index (χ0) is 98.1. The zero-order valence-electron chi connectivity index (χ0n) is 82.7. The quantitative estimate of drug-likeness (QED) is 0.0285. The standard InChI is InChI=1S/C26H28N4O3.C24H25N5O3.C21H23N3O2.2C20H23N3O3/c1-14-6-4-7-21(27-14)26(31,22-8-5-11-32-22)19-12-18(23-15(2)30-33-16(23)3)13-20-24(19)29-25(28-20)17-9-10-17;1-13-20(14(2)32-29-13)16-11-17(21-18(12-16)27-22(28-21)15-6-7-15)24(30,19-5-3-10-31-19)23-25-8-4-9-26-23;1-11-18(12(2)26-24-11)15-9-16(20(25)13-5-3-4-6-13)19-17(10-15)22-21(23-19)14-7-8-14;2*1-10-17(11(2)26-23-10)13-8-14(19(24)16-4-3-7-25-16)18-15(9-13)21-20(22-18)12-5-6-12/h4,6-7,12-13,17,22,31H,5,8-11H2,1-3H3,(H,28,29);4,8-9,11-12,15,19,30H,3,5-7,10H2,1-2H3,(H,27,28);9-10,13-14H,3-8H2,1-2H3,(H,22,23);2*8-9,12,16,19,24H,3-7H2,1-2H3,(H,21,22)/t22-,26+;;;16-,19+;16-,19-/m0..01/s1. The number of aliphatic hydroxyl groups excluding tert-OH is 2. The van der Waals surface area contributed by atoms with Gasteiger partial charge in [-0.05, 0) is 311 Å². The van der Waals surface area contributed by atoms with Gasteiger partial charge >= 0.3 is 0 Å². The Labute approximate surface area is 825 Å². The summed E-state index contributed by atoms with van der Waals surface area (Å²) in [5.41, 5.74) is 24.7. The van der Waals surface area contributed by atoms with E-state index in [1.165, 1.54) is 38.5 Å².